The zero-order chi connectivity index (χ0) is 19.1. The summed E-state index contributed by atoms with van der Waals surface area (Å²) in [5.41, 5.74) is 2.30. The second-order valence-corrected chi connectivity index (χ2v) is 7.46. The number of rotatable bonds is 3. The molecule has 0 radical (unpaired) electrons. The van der Waals surface area contributed by atoms with Crippen molar-refractivity contribution in [2.75, 3.05) is 19.6 Å². The van der Waals surface area contributed by atoms with Gasteiger partial charge in [0.25, 0.3) is 5.91 Å². The van der Waals surface area contributed by atoms with Crippen molar-refractivity contribution in [3.05, 3.63) is 78.1 Å². The maximum absolute atomic E-state index is 13.9. The fraction of sp³-hybridized carbons (Fsp3) is 0.286. The van der Waals surface area contributed by atoms with Crippen LogP contribution >= 0.6 is 12.4 Å². The number of halogens is 2. The van der Waals surface area contributed by atoms with Crippen LogP contribution in [0.5, 0.6) is 0 Å². The maximum Gasteiger partial charge on any atom is 0.254 e. The Labute approximate surface area is 174 Å². The Bertz CT molecular complexity index is 1010. The number of nitrogens with zero attached hydrogens (tertiary/aromatic N) is 4. The average molecular weight is 414 g/mol. The summed E-state index contributed by atoms with van der Waals surface area (Å²) in [6.45, 7) is 2.41. The second-order valence-electron chi connectivity index (χ2n) is 7.46. The first-order chi connectivity index (χ1) is 13.7. The number of aromatic nitrogens is 3. The highest BCUT2D eigenvalue weighted by atomic mass is 35.5. The third-order valence-electron chi connectivity index (χ3n) is 5.83. The van der Waals surface area contributed by atoms with Gasteiger partial charge in [-0.25, -0.2) is 4.39 Å². The van der Waals surface area contributed by atoms with Crippen LogP contribution in [0.2, 0.25) is 0 Å². The molecule has 3 atom stereocenters. The summed E-state index contributed by atoms with van der Waals surface area (Å²) < 4.78 is 15.7. The van der Waals surface area contributed by atoms with Crippen LogP contribution in [0.1, 0.15) is 22.0 Å². The zero-order valence-electron chi connectivity index (χ0n) is 15.6. The Balaban J connectivity index is 0.00000205. The molecule has 2 aliphatic heterocycles. The summed E-state index contributed by atoms with van der Waals surface area (Å²) in [6, 6.07) is 14.0. The Hall–Kier alpha value is -2.77. The number of hydrogen-bond donors (Lipinski definition) is 1. The molecule has 0 aliphatic carbocycles. The molecule has 29 heavy (non-hydrogen) atoms. The van der Waals surface area contributed by atoms with Gasteiger partial charge in [-0.15, -0.1) is 22.6 Å². The first-order valence-corrected chi connectivity index (χ1v) is 9.43. The van der Waals surface area contributed by atoms with Gasteiger partial charge in [-0.2, -0.15) is 0 Å². The Morgan fingerprint density at radius 3 is 2.66 bits per heavy atom. The van der Waals surface area contributed by atoms with E-state index in [0.717, 1.165) is 24.3 Å². The summed E-state index contributed by atoms with van der Waals surface area (Å²) in [4.78, 5) is 15.4. The van der Waals surface area contributed by atoms with Crippen molar-refractivity contribution in [3.8, 4) is 5.69 Å². The predicted molar refractivity (Wildman–Crippen MR) is 109 cm³/mol. The number of hydrogen-bond acceptors (Lipinski definition) is 4. The monoisotopic (exact) mass is 413 g/mol. The Kier molecular flexibility index (Phi) is 5.34. The van der Waals surface area contributed by atoms with Gasteiger partial charge in [0.1, 0.15) is 18.5 Å². The number of likely N-dealkylation sites (tertiary alicyclic amines) is 1. The van der Waals surface area contributed by atoms with Gasteiger partial charge in [0, 0.05) is 36.8 Å². The molecule has 2 aliphatic rings. The minimum absolute atomic E-state index is 0. The van der Waals surface area contributed by atoms with E-state index in [9.17, 15) is 9.18 Å². The summed E-state index contributed by atoms with van der Waals surface area (Å²) in [7, 11) is 0. The lowest BCUT2D eigenvalue weighted by Gasteiger charge is -2.28. The third-order valence-corrected chi connectivity index (χ3v) is 5.83. The normalized spacial score (nSPS) is 22.9. The second kappa shape index (κ2) is 7.93. The fourth-order valence-electron chi connectivity index (χ4n) is 4.55. The van der Waals surface area contributed by atoms with Crippen LogP contribution in [0, 0.1) is 17.7 Å². The van der Waals surface area contributed by atoms with E-state index in [4.69, 9.17) is 0 Å². The van der Waals surface area contributed by atoms with Crippen molar-refractivity contribution in [3.63, 3.8) is 0 Å². The average Bonchev–Trinajstić information content (AvgIpc) is 3.44. The lowest BCUT2D eigenvalue weighted by atomic mass is 9.89. The molecule has 1 aromatic heterocycles. The molecule has 8 heteroatoms. The van der Waals surface area contributed by atoms with Crippen LogP contribution in [0.15, 0.2) is 61.2 Å². The third kappa shape index (κ3) is 3.52. The van der Waals surface area contributed by atoms with E-state index in [-0.39, 0.29) is 30.2 Å². The molecule has 1 N–H and O–H groups in total. The van der Waals surface area contributed by atoms with E-state index in [0.29, 0.717) is 23.9 Å². The van der Waals surface area contributed by atoms with Gasteiger partial charge in [0.15, 0.2) is 0 Å². The summed E-state index contributed by atoms with van der Waals surface area (Å²) in [5, 5.41) is 11.1. The smallest absolute Gasteiger partial charge is 0.254 e. The molecule has 0 saturated carbocycles. The van der Waals surface area contributed by atoms with Crippen molar-refractivity contribution in [2.45, 2.75) is 6.04 Å². The van der Waals surface area contributed by atoms with Crippen molar-refractivity contribution in [2.24, 2.45) is 11.8 Å². The number of carbonyl (C=O) groups excluding carboxylic acids is 1. The standard InChI is InChI=1S/C21H20FN5O.ClH/c22-17-5-1-3-14(7-17)20-19-10-23-9-16(19)11-27(20)21(28)15-4-2-6-18(8-15)26-12-24-25-13-26;/h1-8,12-13,16,19-20,23H,9-11H2;1H/t16-,19-,20+;/m0./s1. The highest BCUT2D eigenvalue weighted by Gasteiger charge is 2.46. The molecule has 0 spiro atoms. The molecule has 1 amide bonds. The molecule has 6 nitrogen and oxygen atoms in total. The van der Waals surface area contributed by atoms with Crippen LogP contribution < -0.4 is 5.32 Å². The van der Waals surface area contributed by atoms with Crippen LogP contribution in [0.4, 0.5) is 4.39 Å². The Morgan fingerprint density at radius 1 is 1.07 bits per heavy atom. The highest BCUT2D eigenvalue weighted by molar-refractivity contribution is 5.95. The van der Waals surface area contributed by atoms with Crippen LogP contribution in [-0.2, 0) is 0 Å². The minimum atomic E-state index is -0.270. The van der Waals surface area contributed by atoms with Gasteiger partial charge in [0.05, 0.1) is 6.04 Å². The summed E-state index contributed by atoms with van der Waals surface area (Å²) in [5.74, 6) is 0.387. The number of amides is 1. The van der Waals surface area contributed by atoms with E-state index in [1.54, 1.807) is 29.4 Å². The molecule has 2 aromatic carbocycles. The van der Waals surface area contributed by atoms with Crippen LogP contribution in [0.25, 0.3) is 5.69 Å². The largest absolute Gasteiger partial charge is 0.331 e. The molecule has 2 fully saturated rings. The molecular weight excluding hydrogens is 393 g/mol. The molecule has 3 aromatic rings. The molecule has 150 valence electrons. The van der Waals surface area contributed by atoms with Crippen LogP contribution in [0.3, 0.4) is 0 Å². The van der Waals surface area contributed by atoms with Crippen molar-refractivity contribution in [1.29, 1.82) is 0 Å². The number of benzene rings is 2. The molecular formula is C21H21ClFN5O. The van der Waals surface area contributed by atoms with Gasteiger partial charge in [-0.3, -0.25) is 9.36 Å². The minimum Gasteiger partial charge on any atom is -0.331 e. The van der Waals surface area contributed by atoms with Gasteiger partial charge in [-0.1, -0.05) is 18.2 Å². The number of carbonyl (C=O) groups is 1. The summed E-state index contributed by atoms with van der Waals surface area (Å²) in [6.07, 6.45) is 3.20. The number of fused-ring (bicyclic) bond motifs is 1. The Morgan fingerprint density at radius 2 is 1.86 bits per heavy atom. The quantitative estimate of drug-likeness (QED) is 0.717. The van der Waals surface area contributed by atoms with Gasteiger partial charge >= 0.3 is 0 Å². The SMILES string of the molecule is Cl.O=C(c1cccc(-n2cnnc2)c1)N1C[C@@H]2CNC[C@@H]2[C@H]1c1cccc(F)c1. The molecule has 3 heterocycles. The predicted octanol–water partition coefficient (Wildman–Crippen LogP) is 2.86. The van der Waals surface area contributed by atoms with Crippen molar-refractivity contribution in [1.82, 2.24) is 25.0 Å². The van der Waals surface area contributed by atoms with E-state index >= 15 is 0 Å². The van der Waals surface area contributed by atoms with Crippen LogP contribution in [-0.4, -0.2) is 45.2 Å². The van der Waals surface area contributed by atoms with E-state index in [1.165, 1.54) is 6.07 Å². The first kappa shape index (κ1) is 19.5. The topological polar surface area (TPSA) is 63.1 Å². The molecule has 0 bridgehead atoms. The van der Waals surface area contributed by atoms with Gasteiger partial charge in [0.2, 0.25) is 0 Å². The van der Waals surface area contributed by atoms with Crippen molar-refractivity contribution >= 4 is 18.3 Å². The highest BCUT2D eigenvalue weighted by Crippen LogP contribution is 2.43. The maximum atomic E-state index is 13.9. The van der Waals surface area contributed by atoms with Gasteiger partial charge < -0.3 is 10.2 Å². The summed E-state index contributed by atoms with van der Waals surface area (Å²) >= 11 is 0. The molecule has 2 saturated heterocycles. The van der Waals surface area contributed by atoms with Crippen molar-refractivity contribution < 1.29 is 9.18 Å². The van der Waals surface area contributed by atoms with E-state index < -0.39 is 0 Å². The number of nitrogens with one attached hydrogen (secondary N) is 1. The molecule has 5 rings (SSSR count). The molecule has 0 unspecified atom stereocenters. The van der Waals surface area contributed by atoms with Gasteiger partial charge in [-0.05, 0) is 41.8 Å². The van der Waals surface area contributed by atoms with E-state index in [2.05, 4.69) is 15.5 Å². The lowest BCUT2D eigenvalue weighted by molar-refractivity contribution is 0.0713. The van der Waals surface area contributed by atoms with E-state index in [1.807, 2.05) is 35.2 Å². The lowest BCUT2D eigenvalue weighted by Crippen LogP contribution is -2.34. The fourth-order valence-corrected chi connectivity index (χ4v) is 4.55. The zero-order valence-corrected chi connectivity index (χ0v) is 16.4. The first-order valence-electron chi connectivity index (χ1n) is 9.43.